The summed E-state index contributed by atoms with van der Waals surface area (Å²) in [6.07, 6.45) is 1.34. The molecule has 37 heavy (non-hydrogen) atoms. The van der Waals surface area contributed by atoms with Gasteiger partial charge in [0.15, 0.2) is 11.5 Å². The number of nitrogens with one attached hydrogen (secondary N) is 1. The summed E-state index contributed by atoms with van der Waals surface area (Å²) < 4.78 is 11.2. The van der Waals surface area contributed by atoms with Crippen LogP contribution in [0.5, 0.6) is 11.5 Å². The first kappa shape index (κ1) is 25.4. The van der Waals surface area contributed by atoms with Gasteiger partial charge in [-0.25, -0.2) is 9.69 Å². The number of aryl methyl sites for hydroxylation is 1. The van der Waals surface area contributed by atoms with E-state index in [0.29, 0.717) is 27.6 Å². The second-order valence-electron chi connectivity index (χ2n) is 8.01. The van der Waals surface area contributed by atoms with E-state index in [1.165, 1.54) is 31.4 Å². The van der Waals surface area contributed by atoms with Crippen molar-refractivity contribution in [2.75, 3.05) is 12.0 Å². The molecule has 3 aromatic rings. The summed E-state index contributed by atoms with van der Waals surface area (Å²) >= 11 is 6.15. The number of methoxy groups -OCH3 is 1. The third-order valence-corrected chi connectivity index (χ3v) is 5.96. The van der Waals surface area contributed by atoms with Crippen LogP contribution in [0, 0.1) is 17.0 Å². The molecule has 11 heteroatoms. The smallest absolute Gasteiger partial charge is 0.335 e. The molecular weight excluding hydrogens is 502 g/mol. The number of anilines is 1. The molecule has 1 heterocycles. The molecular formula is C26H20ClN3O7. The SMILES string of the molecule is COc1cc(/C=C2\C(=O)NC(=O)N(c3ccc(C)c(Cl)c3)C2=O)ccc1OCc1ccc([N+](=O)[O-])cc1. The predicted octanol–water partition coefficient (Wildman–Crippen LogP) is 4.81. The maximum Gasteiger partial charge on any atom is 0.335 e. The lowest BCUT2D eigenvalue weighted by Crippen LogP contribution is -2.54. The Bertz CT molecular complexity index is 1450. The number of urea groups is 1. The summed E-state index contributed by atoms with van der Waals surface area (Å²) in [5, 5.41) is 13.3. The van der Waals surface area contributed by atoms with Gasteiger partial charge in [0.1, 0.15) is 12.2 Å². The number of ether oxygens (including phenoxy) is 2. The lowest BCUT2D eigenvalue weighted by atomic mass is 10.1. The van der Waals surface area contributed by atoms with Crippen LogP contribution in [-0.4, -0.2) is 29.9 Å². The van der Waals surface area contributed by atoms with E-state index in [4.69, 9.17) is 21.1 Å². The monoisotopic (exact) mass is 521 g/mol. The van der Waals surface area contributed by atoms with Gasteiger partial charge in [0.05, 0.1) is 17.7 Å². The average molecular weight is 522 g/mol. The molecule has 1 fully saturated rings. The lowest BCUT2D eigenvalue weighted by Gasteiger charge is -2.26. The summed E-state index contributed by atoms with van der Waals surface area (Å²) in [4.78, 5) is 49.2. The van der Waals surface area contributed by atoms with Crippen LogP contribution in [0.4, 0.5) is 16.2 Å². The van der Waals surface area contributed by atoms with Crippen LogP contribution in [0.15, 0.2) is 66.2 Å². The number of nitro benzene ring substituents is 1. The molecule has 0 radical (unpaired) electrons. The van der Waals surface area contributed by atoms with Crippen molar-refractivity contribution in [3.8, 4) is 11.5 Å². The molecule has 1 aliphatic rings. The normalized spacial score (nSPS) is 14.5. The fourth-order valence-corrected chi connectivity index (χ4v) is 3.72. The zero-order valence-electron chi connectivity index (χ0n) is 19.7. The maximum absolute atomic E-state index is 13.1. The number of hydrogen-bond donors (Lipinski definition) is 1. The molecule has 10 nitrogen and oxygen atoms in total. The van der Waals surface area contributed by atoms with Crippen LogP contribution < -0.4 is 19.7 Å². The highest BCUT2D eigenvalue weighted by Gasteiger charge is 2.37. The van der Waals surface area contributed by atoms with Crippen molar-refractivity contribution in [2.24, 2.45) is 0 Å². The first-order valence-electron chi connectivity index (χ1n) is 10.9. The fraction of sp³-hybridized carbons (Fsp3) is 0.115. The zero-order chi connectivity index (χ0) is 26.7. The maximum atomic E-state index is 13.1. The van der Waals surface area contributed by atoms with Gasteiger partial charge in [-0.3, -0.25) is 25.0 Å². The Kier molecular flexibility index (Phi) is 7.21. The van der Waals surface area contributed by atoms with Crippen LogP contribution in [0.2, 0.25) is 5.02 Å². The van der Waals surface area contributed by atoms with Crippen molar-refractivity contribution in [1.29, 1.82) is 0 Å². The minimum atomic E-state index is -0.875. The van der Waals surface area contributed by atoms with E-state index < -0.39 is 22.8 Å². The topological polar surface area (TPSA) is 128 Å². The van der Waals surface area contributed by atoms with E-state index >= 15 is 0 Å². The number of barbiturate groups is 1. The Balaban J connectivity index is 1.57. The average Bonchev–Trinajstić information content (AvgIpc) is 2.87. The lowest BCUT2D eigenvalue weighted by molar-refractivity contribution is -0.384. The highest BCUT2D eigenvalue weighted by molar-refractivity contribution is 6.39. The highest BCUT2D eigenvalue weighted by Crippen LogP contribution is 2.31. The van der Waals surface area contributed by atoms with Crippen molar-refractivity contribution in [1.82, 2.24) is 5.32 Å². The molecule has 4 amide bonds. The second-order valence-corrected chi connectivity index (χ2v) is 8.42. The van der Waals surface area contributed by atoms with Gasteiger partial charge in [-0.05, 0) is 66.1 Å². The second kappa shape index (κ2) is 10.5. The highest BCUT2D eigenvalue weighted by atomic mass is 35.5. The standard InChI is InChI=1S/C26H20ClN3O7/c1-15-3-7-19(13-21(15)27)29-25(32)20(24(31)28-26(29)33)11-17-6-10-22(23(12-17)36-2)37-14-16-4-8-18(9-5-16)30(34)35/h3-13H,14H2,1-2H3,(H,28,31,33)/b20-11+. The Morgan fingerprint density at radius 2 is 1.76 bits per heavy atom. The Hall–Kier alpha value is -4.70. The number of nitrogens with zero attached hydrogens (tertiary/aromatic N) is 2. The summed E-state index contributed by atoms with van der Waals surface area (Å²) in [6.45, 7) is 1.91. The Labute approximate surface area is 216 Å². The molecule has 0 bridgehead atoms. The zero-order valence-corrected chi connectivity index (χ0v) is 20.4. The van der Waals surface area contributed by atoms with E-state index in [2.05, 4.69) is 5.32 Å². The number of imide groups is 2. The van der Waals surface area contributed by atoms with E-state index in [0.717, 1.165) is 10.5 Å². The summed E-state index contributed by atoms with van der Waals surface area (Å²) in [5.74, 6) is -0.917. The van der Waals surface area contributed by atoms with Gasteiger partial charge in [0.25, 0.3) is 17.5 Å². The summed E-state index contributed by atoms with van der Waals surface area (Å²) in [5.41, 5.74) is 1.89. The molecule has 188 valence electrons. The Morgan fingerprint density at radius 1 is 1.03 bits per heavy atom. The number of carbonyl (C=O) groups is 3. The number of non-ortho nitro benzene ring substituents is 1. The third kappa shape index (κ3) is 5.44. The third-order valence-electron chi connectivity index (χ3n) is 5.56. The van der Waals surface area contributed by atoms with Crippen LogP contribution >= 0.6 is 11.6 Å². The number of carbonyl (C=O) groups excluding carboxylic acids is 3. The van der Waals surface area contributed by atoms with Crippen molar-refractivity contribution in [3.05, 3.63) is 98.1 Å². The number of amides is 4. The van der Waals surface area contributed by atoms with Crippen LogP contribution in [0.1, 0.15) is 16.7 Å². The quantitative estimate of drug-likeness (QED) is 0.204. The van der Waals surface area contributed by atoms with Gasteiger partial charge in [-0.15, -0.1) is 0 Å². The van der Waals surface area contributed by atoms with Crippen LogP contribution in [-0.2, 0) is 16.2 Å². The van der Waals surface area contributed by atoms with E-state index in [-0.39, 0.29) is 23.6 Å². The van der Waals surface area contributed by atoms with E-state index in [9.17, 15) is 24.5 Å². The molecule has 4 rings (SSSR count). The number of hydrogen-bond acceptors (Lipinski definition) is 7. The van der Waals surface area contributed by atoms with Gasteiger partial charge in [0, 0.05) is 17.2 Å². The van der Waals surface area contributed by atoms with Crippen LogP contribution in [0.3, 0.4) is 0 Å². The largest absolute Gasteiger partial charge is 0.493 e. The minimum Gasteiger partial charge on any atom is -0.493 e. The molecule has 0 atom stereocenters. The minimum absolute atomic E-state index is 0.0224. The molecule has 0 unspecified atom stereocenters. The summed E-state index contributed by atoms with van der Waals surface area (Å²) in [7, 11) is 1.44. The molecule has 3 aromatic carbocycles. The van der Waals surface area contributed by atoms with E-state index in [1.807, 2.05) is 0 Å². The first-order valence-corrected chi connectivity index (χ1v) is 11.3. The van der Waals surface area contributed by atoms with Gasteiger partial charge >= 0.3 is 6.03 Å². The molecule has 0 spiro atoms. The fourth-order valence-electron chi connectivity index (χ4n) is 3.55. The van der Waals surface area contributed by atoms with E-state index in [1.54, 1.807) is 49.4 Å². The first-order chi connectivity index (χ1) is 17.7. The molecule has 1 saturated heterocycles. The molecule has 0 aliphatic carbocycles. The number of halogens is 1. The number of nitro groups is 1. The molecule has 1 N–H and O–H groups in total. The van der Waals surface area contributed by atoms with Gasteiger partial charge in [0.2, 0.25) is 0 Å². The Morgan fingerprint density at radius 3 is 2.41 bits per heavy atom. The van der Waals surface area contributed by atoms with Gasteiger partial charge in [-0.2, -0.15) is 0 Å². The van der Waals surface area contributed by atoms with Crippen LogP contribution in [0.25, 0.3) is 6.08 Å². The van der Waals surface area contributed by atoms with Crippen molar-refractivity contribution in [2.45, 2.75) is 13.5 Å². The van der Waals surface area contributed by atoms with Gasteiger partial charge in [-0.1, -0.05) is 23.7 Å². The van der Waals surface area contributed by atoms with Crippen molar-refractivity contribution < 1.29 is 28.8 Å². The predicted molar refractivity (Wildman–Crippen MR) is 136 cm³/mol. The number of benzene rings is 3. The molecule has 0 saturated carbocycles. The van der Waals surface area contributed by atoms with Crippen molar-refractivity contribution in [3.63, 3.8) is 0 Å². The number of rotatable bonds is 7. The molecule has 0 aromatic heterocycles. The molecule has 1 aliphatic heterocycles. The summed E-state index contributed by atoms with van der Waals surface area (Å²) in [6, 6.07) is 14.6. The van der Waals surface area contributed by atoms with Gasteiger partial charge < -0.3 is 9.47 Å². The van der Waals surface area contributed by atoms with Crippen molar-refractivity contribution >= 4 is 46.9 Å².